The molecule has 6 heteroatoms. The van der Waals surface area contributed by atoms with Crippen LogP contribution in [-0.2, 0) is 21.0 Å². The SMILES string of the molecule is CN(C)CCCCCCCCCC(=O)N(CCC(=O)O)OCc1ccccc1. The second-order valence-electron chi connectivity index (χ2n) is 7.43. The van der Waals surface area contributed by atoms with Crippen molar-refractivity contribution in [2.45, 2.75) is 64.4 Å². The number of carbonyl (C=O) groups excluding carboxylic acids is 1. The molecule has 0 spiro atoms. The van der Waals surface area contributed by atoms with Crippen LogP contribution < -0.4 is 0 Å². The fraction of sp³-hybridized carbons (Fsp3) is 0.636. The molecule has 0 aliphatic rings. The Morgan fingerprint density at radius 2 is 1.46 bits per heavy atom. The van der Waals surface area contributed by atoms with E-state index in [9.17, 15) is 9.59 Å². The number of hydrogen-bond donors (Lipinski definition) is 1. The molecule has 1 aromatic carbocycles. The van der Waals surface area contributed by atoms with E-state index in [0.717, 1.165) is 31.4 Å². The first-order valence-electron chi connectivity index (χ1n) is 10.3. The molecule has 158 valence electrons. The summed E-state index contributed by atoms with van der Waals surface area (Å²) >= 11 is 0. The van der Waals surface area contributed by atoms with E-state index in [1.54, 1.807) is 0 Å². The fourth-order valence-corrected chi connectivity index (χ4v) is 2.90. The Balaban J connectivity index is 2.23. The number of carboxylic acid groups (broad SMARTS) is 1. The van der Waals surface area contributed by atoms with Crippen LogP contribution >= 0.6 is 0 Å². The molecule has 0 atom stereocenters. The van der Waals surface area contributed by atoms with Crippen LogP contribution in [0.3, 0.4) is 0 Å². The number of carboxylic acids is 1. The third-order valence-electron chi connectivity index (χ3n) is 4.53. The van der Waals surface area contributed by atoms with E-state index in [4.69, 9.17) is 9.94 Å². The van der Waals surface area contributed by atoms with Crippen LogP contribution in [0.5, 0.6) is 0 Å². The van der Waals surface area contributed by atoms with Crippen molar-refractivity contribution in [3.63, 3.8) is 0 Å². The normalized spacial score (nSPS) is 11.0. The van der Waals surface area contributed by atoms with E-state index >= 15 is 0 Å². The van der Waals surface area contributed by atoms with Crippen molar-refractivity contribution in [2.24, 2.45) is 0 Å². The van der Waals surface area contributed by atoms with Gasteiger partial charge in [-0.15, -0.1) is 0 Å². The molecule has 0 aliphatic carbocycles. The minimum absolute atomic E-state index is 0.0763. The van der Waals surface area contributed by atoms with E-state index in [0.29, 0.717) is 6.42 Å². The van der Waals surface area contributed by atoms with Crippen LogP contribution in [0.1, 0.15) is 63.4 Å². The highest BCUT2D eigenvalue weighted by Gasteiger charge is 2.15. The Bertz CT molecular complexity index is 549. The molecular formula is C22H36N2O4. The smallest absolute Gasteiger partial charge is 0.305 e. The summed E-state index contributed by atoms with van der Waals surface area (Å²) in [7, 11) is 4.20. The lowest BCUT2D eigenvalue weighted by Gasteiger charge is -2.21. The number of hydroxylamine groups is 2. The number of aliphatic carboxylic acids is 1. The summed E-state index contributed by atoms with van der Waals surface area (Å²) in [6.45, 7) is 1.48. The number of rotatable bonds is 16. The van der Waals surface area contributed by atoms with Crippen LogP contribution in [-0.4, -0.2) is 54.1 Å². The lowest BCUT2D eigenvalue weighted by molar-refractivity contribution is -0.193. The quantitative estimate of drug-likeness (QED) is 0.339. The first-order chi connectivity index (χ1) is 13.5. The Hall–Kier alpha value is -1.92. The molecular weight excluding hydrogens is 356 g/mol. The van der Waals surface area contributed by atoms with Crippen LogP contribution in [0.25, 0.3) is 0 Å². The average molecular weight is 393 g/mol. The van der Waals surface area contributed by atoms with Crippen molar-refractivity contribution < 1.29 is 19.5 Å². The van der Waals surface area contributed by atoms with Gasteiger partial charge in [0.05, 0.1) is 13.0 Å². The zero-order valence-corrected chi connectivity index (χ0v) is 17.4. The van der Waals surface area contributed by atoms with E-state index in [1.165, 1.54) is 30.7 Å². The maximum Gasteiger partial charge on any atom is 0.305 e. The van der Waals surface area contributed by atoms with E-state index < -0.39 is 5.97 Å². The van der Waals surface area contributed by atoms with Gasteiger partial charge in [0, 0.05) is 6.42 Å². The van der Waals surface area contributed by atoms with Crippen LogP contribution in [0.15, 0.2) is 30.3 Å². The van der Waals surface area contributed by atoms with Crippen molar-refractivity contribution in [1.82, 2.24) is 9.96 Å². The zero-order chi connectivity index (χ0) is 20.6. The molecule has 0 saturated carbocycles. The van der Waals surface area contributed by atoms with Gasteiger partial charge >= 0.3 is 5.97 Å². The molecule has 1 aromatic rings. The number of unbranched alkanes of at least 4 members (excludes halogenated alkanes) is 6. The molecule has 6 nitrogen and oxygen atoms in total. The monoisotopic (exact) mass is 392 g/mol. The highest BCUT2D eigenvalue weighted by molar-refractivity contribution is 5.76. The largest absolute Gasteiger partial charge is 0.481 e. The van der Waals surface area contributed by atoms with E-state index in [-0.39, 0.29) is 25.5 Å². The van der Waals surface area contributed by atoms with Gasteiger partial charge in [0.25, 0.3) is 0 Å². The summed E-state index contributed by atoms with van der Waals surface area (Å²) in [6, 6.07) is 9.56. The molecule has 0 saturated heterocycles. The summed E-state index contributed by atoms with van der Waals surface area (Å²) in [5, 5.41) is 10.1. The summed E-state index contributed by atoms with van der Waals surface area (Å²) < 4.78 is 0. The standard InChI is InChI=1S/C22H36N2O4/c1-23(2)17-12-7-5-3-4-6-11-15-21(25)24(18-16-22(26)27)28-19-20-13-9-8-10-14-20/h8-10,13-14H,3-7,11-12,15-19H2,1-2H3,(H,26,27). The third kappa shape index (κ3) is 12.5. The van der Waals surface area contributed by atoms with Gasteiger partial charge < -0.3 is 10.0 Å². The lowest BCUT2D eigenvalue weighted by Crippen LogP contribution is -2.33. The van der Waals surface area contributed by atoms with Crippen LogP contribution in [0, 0.1) is 0 Å². The minimum atomic E-state index is -0.935. The van der Waals surface area contributed by atoms with Crippen molar-refractivity contribution in [1.29, 1.82) is 0 Å². The Morgan fingerprint density at radius 1 is 0.857 bits per heavy atom. The summed E-state index contributed by atoms with van der Waals surface area (Å²) in [6.07, 6.45) is 8.19. The first-order valence-corrected chi connectivity index (χ1v) is 10.3. The maximum atomic E-state index is 12.4. The molecule has 1 amide bonds. The summed E-state index contributed by atoms with van der Waals surface area (Å²) in [5.74, 6) is -1.07. The molecule has 0 aromatic heterocycles. The van der Waals surface area contributed by atoms with Gasteiger partial charge in [0.2, 0.25) is 5.91 Å². The highest BCUT2D eigenvalue weighted by Crippen LogP contribution is 2.11. The van der Waals surface area contributed by atoms with Gasteiger partial charge in [0.1, 0.15) is 6.61 Å². The van der Waals surface area contributed by atoms with E-state index in [2.05, 4.69) is 19.0 Å². The van der Waals surface area contributed by atoms with Gasteiger partial charge in [-0.2, -0.15) is 0 Å². The Labute approximate surface area is 169 Å². The molecule has 28 heavy (non-hydrogen) atoms. The van der Waals surface area contributed by atoms with Crippen molar-refractivity contribution in [2.75, 3.05) is 27.2 Å². The second kappa shape index (κ2) is 15.1. The van der Waals surface area contributed by atoms with Gasteiger partial charge in [-0.1, -0.05) is 62.4 Å². The molecule has 0 bridgehead atoms. The Kier molecular flexibility index (Phi) is 13.0. The fourth-order valence-electron chi connectivity index (χ4n) is 2.90. The van der Waals surface area contributed by atoms with Crippen molar-refractivity contribution in [3.8, 4) is 0 Å². The number of benzene rings is 1. The zero-order valence-electron chi connectivity index (χ0n) is 17.4. The lowest BCUT2D eigenvalue weighted by atomic mass is 10.1. The topological polar surface area (TPSA) is 70.1 Å². The summed E-state index contributed by atoms with van der Waals surface area (Å²) in [4.78, 5) is 31.1. The van der Waals surface area contributed by atoms with Gasteiger partial charge in [-0.25, -0.2) is 5.06 Å². The van der Waals surface area contributed by atoms with Gasteiger partial charge in [0.15, 0.2) is 0 Å². The number of nitrogens with zero attached hydrogens (tertiary/aromatic N) is 2. The molecule has 1 rings (SSSR count). The predicted molar refractivity (Wildman–Crippen MR) is 111 cm³/mol. The molecule has 0 radical (unpaired) electrons. The van der Waals surface area contributed by atoms with Gasteiger partial charge in [-0.05, 0) is 39.0 Å². The number of carbonyl (C=O) groups is 2. The molecule has 0 heterocycles. The van der Waals surface area contributed by atoms with Crippen molar-refractivity contribution in [3.05, 3.63) is 35.9 Å². The van der Waals surface area contributed by atoms with Crippen LogP contribution in [0.4, 0.5) is 0 Å². The first kappa shape index (κ1) is 24.1. The predicted octanol–water partition coefficient (Wildman–Crippen LogP) is 4.10. The third-order valence-corrected chi connectivity index (χ3v) is 4.53. The molecule has 0 unspecified atom stereocenters. The van der Waals surface area contributed by atoms with E-state index in [1.807, 2.05) is 30.3 Å². The highest BCUT2D eigenvalue weighted by atomic mass is 16.7. The molecule has 1 N–H and O–H groups in total. The Morgan fingerprint density at radius 3 is 2.07 bits per heavy atom. The number of hydrogen-bond acceptors (Lipinski definition) is 4. The van der Waals surface area contributed by atoms with Crippen LogP contribution in [0.2, 0.25) is 0 Å². The maximum absolute atomic E-state index is 12.4. The number of amides is 1. The average Bonchev–Trinajstić information content (AvgIpc) is 2.67. The summed E-state index contributed by atoms with van der Waals surface area (Å²) in [5.41, 5.74) is 0.949. The second-order valence-corrected chi connectivity index (χ2v) is 7.43. The van der Waals surface area contributed by atoms with Gasteiger partial charge in [-0.3, -0.25) is 14.4 Å². The molecule has 0 fully saturated rings. The van der Waals surface area contributed by atoms with Crippen molar-refractivity contribution >= 4 is 11.9 Å². The minimum Gasteiger partial charge on any atom is -0.481 e. The molecule has 0 aliphatic heterocycles.